The molecular weight excluding hydrogens is 571 g/mol. The largest absolute Gasteiger partial charge is 0.508 e. The third-order valence-electron chi connectivity index (χ3n) is 6.19. The number of amides is 1. The molecule has 4 aromatic carbocycles. The summed E-state index contributed by atoms with van der Waals surface area (Å²) in [4.78, 5) is 18.8. The molecule has 2 unspecified atom stereocenters. The van der Waals surface area contributed by atoms with Crippen LogP contribution in [-0.2, 0) is 4.79 Å². The summed E-state index contributed by atoms with van der Waals surface area (Å²) in [5, 5.41) is 38.0. The van der Waals surface area contributed by atoms with Gasteiger partial charge in [0.05, 0.1) is 33.3 Å². The molecule has 12 heteroatoms. The van der Waals surface area contributed by atoms with Gasteiger partial charge >= 0.3 is 0 Å². The first-order valence-corrected chi connectivity index (χ1v) is 13.6. The van der Waals surface area contributed by atoms with Crippen molar-refractivity contribution in [2.24, 2.45) is 20.5 Å². The number of anilines is 1. The first kappa shape index (κ1) is 25.9. The van der Waals surface area contributed by atoms with E-state index in [1.165, 1.54) is 40.5 Å². The molecule has 0 aliphatic carbocycles. The zero-order valence-corrected chi connectivity index (χ0v) is 22.7. The van der Waals surface area contributed by atoms with Gasteiger partial charge in [-0.25, -0.2) is 4.98 Å². The number of halogens is 2. The fraction of sp³-hybridized carbons (Fsp3) is 0.0714. The maximum Gasteiger partial charge on any atom is 0.248 e. The van der Waals surface area contributed by atoms with Crippen molar-refractivity contribution in [2.75, 3.05) is 4.90 Å². The highest BCUT2D eigenvalue weighted by Gasteiger charge is 2.50. The van der Waals surface area contributed by atoms with Gasteiger partial charge in [-0.1, -0.05) is 41.1 Å². The predicted octanol–water partition coefficient (Wildman–Crippen LogP) is 8.89. The Morgan fingerprint density at radius 2 is 1.65 bits per heavy atom. The van der Waals surface area contributed by atoms with Crippen LogP contribution in [0.4, 0.5) is 27.9 Å². The summed E-state index contributed by atoms with van der Waals surface area (Å²) in [6.07, 6.45) is 0. The molecule has 5 aromatic rings. The van der Waals surface area contributed by atoms with Gasteiger partial charge in [0.2, 0.25) is 11.0 Å². The molecule has 9 nitrogen and oxygen atoms in total. The number of azo groups is 2. The van der Waals surface area contributed by atoms with Crippen LogP contribution in [-0.4, -0.2) is 26.5 Å². The average Bonchev–Trinajstić information content (AvgIpc) is 3.38. The second-order valence-corrected chi connectivity index (χ2v) is 10.7. The van der Waals surface area contributed by atoms with Crippen LogP contribution in [0, 0.1) is 0 Å². The normalized spacial score (nSPS) is 17.2. The molecule has 1 fully saturated rings. The quantitative estimate of drug-likeness (QED) is 0.117. The molecule has 0 bridgehead atoms. The average molecular weight is 589 g/mol. The summed E-state index contributed by atoms with van der Waals surface area (Å²) in [6.45, 7) is 0. The maximum atomic E-state index is 13.0. The van der Waals surface area contributed by atoms with E-state index < -0.39 is 17.3 Å². The van der Waals surface area contributed by atoms with Gasteiger partial charge in [0.25, 0.3) is 0 Å². The smallest absolute Gasteiger partial charge is 0.248 e. The Kier molecular flexibility index (Phi) is 6.89. The summed E-state index contributed by atoms with van der Waals surface area (Å²) >= 11 is 13.9. The third-order valence-corrected chi connectivity index (χ3v) is 7.77. The van der Waals surface area contributed by atoms with Crippen LogP contribution >= 0.6 is 34.5 Å². The number of para-hydroxylation sites is 1. The van der Waals surface area contributed by atoms with Crippen LogP contribution in [0.2, 0.25) is 5.02 Å². The monoisotopic (exact) mass is 588 g/mol. The van der Waals surface area contributed by atoms with E-state index in [1.54, 1.807) is 36.4 Å². The molecular formula is C28H18Cl2N6O3S. The number of rotatable bonds is 6. The number of benzene rings is 4. The van der Waals surface area contributed by atoms with Crippen LogP contribution in [0.15, 0.2) is 105 Å². The van der Waals surface area contributed by atoms with Crippen molar-refractivity contribution in [3.63, 3.8) is 0 Å². The summed E-state index contributed by atoms with van der Waals surface area (Å²) < 4.78 is 0.992. The molecule has 1 aliphatic heterocycles. The maximum absolute atomic E-state index is 13.0. The fourth-order valence-electron chi connectivity index (χ4n) is 4.30. The highest BCUT2D eigenvalue weighted by molar-refractivity contribution is 7.21. The van der Waals surface area contributed by atoms with Gasteiger partial charge in [-0.05, 0) is 60.7 Å². The number of carbonyl (C=O) groups is 1. The van der Waals surface area contributed by atoms with Gasteiger partial charge in [-0.15, -0.1) is 26.9 Å². The summed E-state index contributed by atoms with van der Waals surface area (Å²) in [5.74, 6) is -0.574. The van der Waals surface area contributed by atoms with E-state index >= 15 is 0 Å². The van der Waals surface area contributed by atoms with Crippen molar-refractivity contribution in [1.29, 1.82) is 0 Å². The lowest BCUT2D eigenvalue weighted by atomic mass is 9.91. The van der Waals surface area contributed by atoms with Crippen molar-refractivity contribution >= 4 is 78.5 Å². The molecule has 40 heavy (non-hydrogen) atoms. The van der Waals surface area contributed by atoms with E-state index in [0.29, 0.717) is 32.8 Å². The molecule has 1 saturated heterocycles. The number of phenolic OH excluding ortho intramolecular Hbond substituents is 2. The van der Waals surface area contributed by atoms with Gasteiger partial charge < -0.3 is 10.2 Å². The molecule has 2 atom stereocenters. The molecule has 0 saturated carbocycles. The van der Waals surface area contributed by atoms with Gasteiger partial charge in [-0.2, -0.15) is 5.11 Å². The van der Waals surface area contributed by atoms with Gasteiger partial charge in [-0.3, -0.25) is 9.69 Å². The molecule has 198 valence electrons. The molecule has 1 amide bonds. The lowest BCUT2D eigenvalue weighted by molar-refractivity contribution is -0.123. The number of thiazole rings is 1. The number of alkyl halides is 1. The number of hydrogen-bond donors (Lipinski definition) is 2. The summed E-state index contributed by atoms with van der Waals surface area (Å²) in [6, 6.07) is 22.8. The summed E-state index contributed by atoms with van der Waals surface area (Å²) in [7, 11) is 0. The summed E-state index contributed by atoms with van der Waals surface area (Å²) in [5.41, 5.74) is 2.73. The molecule has 0 radical (unpaired) electrons. The van der Waals surface area contributed by atoms with Crippen molar-refractivity contribution in [1.82, 2.24) is 4.98 Å². The SMILES string of the molecule is O=C1C(Cl)C(c2cc(N=Nc3nc4ccccc4s3)ccc2O)N1c1cc(O)ccc1N=Nc1cccc(Cl)c1. The Hall–Kier alpha value is -4.38. The minimum atomic E-state index is -0.970. The number of aromatic hydroxyl groups is 2. The second-order valence-electron chi connectivity index (χ2n) is 8.82. The van der Waals surface area contributed by atoms with Crippen molar-refractivity contribution in [3.8, 4) is 11.5 Å². The number of β-lactam (4-membered cyclic amide) rings is 1. The van der Waals surface area contributed by atoms with E-state index in [1.807, 2.05) is 24.3 Å². The standard InChI is InChI=1S/C28H18Cl2N6O3S/c29-15-4-3-5-16(12-15)32-34-20-10-9-18(37)14-22(20)36-26(25(30)27(36)39)19-13-17(8-11-23(19)38)33-35-28-31-21-6-1-2-7-24(21)40-28/h1-14,25-26,37-38H. The van der Waals surface area contributed by atoms with Gasteiger partial charge in [0.1, 0.15) is 22.6 Å². The Morgan fingerprint density at radius 3 is 2.48 bits per heavy atom. The number of phenols is 2. The Bertz CT molecular complexity index is 1790. The molecule has 1 aliphatic rings. The minimum absolute atomic E-state index is 0.0747. The van der Waals surface area contributed by atoms with Crippen LogP contribution in [0.25, 0.3) is 10.2 Å². The molecule has 6 rings (SSSR count). The Balaban J connectivity index is 1.33. The Morgan fingerprint density at radius 1 is 0.850 bits per heavy atom. The number of carbonyl (C=O) groups excluding carboxylic acids is 1. The zero-order chi connectivity index (χ0) is 27.8. The van der Waals surface area contributed by atoms with E-state index in [-0.39, 0.29) is 17.2 Å². The predicted molar refractivity (Wildman–Crippen MR) is 156 cm³/mol. The van der Waals surface area contributed by atoms with Crippen molar-refractivity contribution in [3.05, 3.63) is 95.5 Å². The van der Waals surface area contributed by atoms with E-state index in [9.17, 15) is 15.0 Å². The molecule has 2 N–H and O–H groups in total. The first-order valence-electron chi connectivity index (χ1n) is 11.9. The highest BCUT2D eigenvalue weighted by atomic mass is 35.5. The second kappa shape index (κ2) is 10.6. The zero-order valence-electron chi connectivity index (χ0n) is 20.4. The third kappa shape index (κ3) is 5.00. The number of nitrogens with zero attached hydrogens (tertiary/aromatic N) is 6. The van der Waals surface area contributed by atoms with Crippen LogP contribution in [0.5, 0.6) is 11.5 Å². The first-order chi connectivity index (χ1) is 19.4. The fourth-order valence-corrected chi connectivity index (χ4v) is 5.63. The number of aromatic nitrogens is 1. The van der Waals surface area contributed by atoms with Crippen LogP contribution in [0.1, 0.15) is 11.6 Å². The van der Waals surface area contributed by atoms with Gasteiger partial charge in [0, 0.05) is 16.7 Å². The van der Waals surface area contributed by atoms with Gasteiger partial charge in [0.15, 0.2) is 0 Å². The number of fused-ring (bicyclic) bond motifs is 1. The van der Waals surface area contributed by atoms with Crippen LogP contribution in [0.3, 0.4) is 0 Å². The van der Waals surface area contributed by atoms with E-state index in [4.69, 9.17) is 23.2 Å². The van der Waals surface area contributed by atoms with Crippen LogP contribution < -0.4 is 4.90 Å². The van der Waals surface area contributed by atoms with Crippen molar-refractivity contribution < 1.29 is 15.0 Å². The molecule has 2 heterocycles. The minimum Gasteiger partial charge on any atom is -0.508 e. The number of hydrogen-bond acceptors (Lipinski definition) is 9. The highest BCUT2D eigenvalue weighted by Crippen LogP contribution is 2.49. The topological polar surface area (TPSA) is 123 Å². The van der Waals surface area contributed by atoms with E-state index in [2.05, 4.69) is 25.4 Å². The van der Waals surface area contributed by atoms with E-state index in [0.717, 1.165) is 10.2 Å². The molecule has 0 spiro atoms. The van der Waals surface area contributed by atoms with Crippen molar-refractivity contribution in [2.45, 2.75) is 11.4 Å². The lowest BCUT2D eigenvalue weighted by Crippen LogP contribution is -2.56. The Labute approximate surface area is 241 Å². The molecule has 1 aromatic heterocycles. The lowest BCUT2D eigenvalue weighted by Gasteiger charge is -2.44.